The number of rotatable bonds is 6. The van der Waals surface area contributed by atoms with Crippen LogP contribution in [0.1, 0.15) is 58.2 Å². The van der Waals surface area contributed by atoms with Crippen LogP contribution in [0.2, 0.25) is 0 Å². The number of nitrogens with zero attached hydrogens (tertiary/aromatic N) is 2. The van der Waals surface area contributed by atoms with E-state index in [2.05, 4.69) is 48.1 Å². The molecule has 0 bridgehead atoms. The predicted molar refractivity (Wildman–Crippen MR) is 70.9 cm³/mol. The first-order chi connectivity index (χ1) is 8.13. The largest absolute Gasteiger partial charge is 0.311 e. The molecule has 3 nitrogen and oxygen atoms in total. The van der Waals surface area contributed by atoms with Gasteiger partial charge in [0, 0.05) is 25.3 Å². The highest BCUT2D eigenvalue weighted by atomic mass is 15.3. The fourth-order valence-electron chi connectivity index (χ4n) is 2.35. The summed E-state index contributed by atoms with van der Waals surface area (Å²) in [5.41, 5.74) is 1.72. The lowest BCUT2D eigenvalue weighted by atomic mass is 9.70. The third-order valence-electron chi connectivity index (χ3n) is 4.12. The van der Waals surface area contributed by atoms with Gasteiger partial charge in [-0.3, -0.25) is 4.68 Å². The fraction of sp³-hybridized carbons (Fsp3) is 0.786. The molecule has 1 saturated carbocycles. The Labute approximate surface area is 105 Å². The lowest BCUT2D eigenvalue weighted by Crippen LogP contribution is -2.37. The average molecular weight is 235 g/mol. The molecule has 2 rings (SSSR count). The van der Waals surface area contributed by atoms with E-state index in [0.717, 1.165) is 25.2 Å². The SMILES string of the molecule is CCC(C)n1ccc(CNCC2(C)CCC2)n1. The first-order valence-corrected chi connectivity index (χ1v) is 6.88. The lowest BCUT2D eigenvalue weighted by Gasteiger charge is -2.38. The summed E-state index contributed by atoms with van der Waals surface area (Å²) < 4.78 is 2.07. The summed E-state index contributed by atoms with van der Waals surface area (Å²) in [4.78, 5) is 0. The average Bonchev–Trinajstić information content (AvgIpc) is 2.74. The summed E-state index contributed by atoms with van der Waals surface area (Å²) >= 11 is 0. The van der Waals surface area contributed by atoms with Gasteiger partial charge < -0.3 is 5.32 Å². The Hall–Kier alpha value is -0.830. The Morgan fingerprint density at radius 1 is 1.53 bits per heavy atom. The number of aromatic nitrogens is 2. The van der Waals surface area contributed by atoms with Crippen LogP contribution >= 0.6 is 0 Å². The summed E-state index contributed by atoms with van der Waals surface area (Å²) in [6.07, 6.45) is 7.38. The van der Waals surface area contributed by atoms with E-state index in [1.165, 1.54) is 19.3 Å². The molecule has 1 aromatic rings. The van der Waals surface area contributed by atoms with Crippen LogP contribution in [-0.4, -0.2) is 16.3 Å². The number of nitrogens with one attached hydrogen (secondary N) is 1. The van der Waals surface area contributed by atoms with E-state index in [1.54, 1.807) is 0 Å². The lowest BCUT2D eigenvalue weighted by molar-refractivity contribution is 0.156. The molecule has 1 atom stereocenters. The van der Waals surface area contributed by atoms with Crippen molar-refractivity contribution in [3.8, 4) is 0 Å². The smallest absolute Gasteiger partial charge is 0.0762 e. The molecule has 1 fully saturated rings. The van der Waals surface area contributed by atoms with Crippen molar-refractivity contribution in [3.63, 3.8) is 0 Å². The topological polar surface area (TPSA) is 29.9 Å². The van der Waals surface area contributed by atoms with E-state index in [1.807, 2.05) is 0 Å². The van der Waals surface area contributed by atoms with Crippen molar-refractivity contribution in [1.82, 2.24) is 15.1 Å². The maximum Gasteiger partial charge on any atom is 0.0762 e. The van der Waals surface area contributed by atoms with E-state index < -0.39 is 0 Å². The summed E-state index contributed by atoms with van der Waals surface area (Å²) in [5, 5.41) is 8.14. The number of hydrogen-bond donors (Lipinski definition) is 1. The van der Waals surface area contributed by atoms with Gasteiger partial charge in [-0.2, -0.15) is 5.10 Å². The minimum absolute atomic E-state index is 0.507. The van der Waals surface area contributed by atoms with E-state index >= 15 is 0 Å². The molecule has 0 saturated heterocycles. The first-order valence-electron chi connectivity index (χ1n) is 6.88. The van der Waals surface area contributed by atoms with Crippen molar-refractivity contribution in [2.45, 2.75) is 59.0 Å². The zero-order valence-electron chi connectivity index (χ0n) is 11.4. The van der Waals surface area contributed by atoms with Crippen LogP contribution in [0.4, 0.5) is 0 Å². The van der Waals surface area contributed by atoms with E-state index in [4.69, 9.17) is 0 Å². The summed E-state index contributed by atoms with van der Waals surface area (Å²) in [5.74, 6) is 0. The number of hydrogen-bond acceptors (Lipinski definition) is 2. The molecular weight excluding hydrogens is 210 g/mol. The first kappa shape index (κ1) is 12.6. The summed E-state index contributed by atoms with van der Waals surface area (Å²) in [6, 6.07) is 2.63. The molecule has 0 aromatic carbocycles. The zero-order chi connectivity index (χ0) is 12.3. The van der Waals surface area contributed by atoms with Gasteiger partial charge >= 0.3 is 0 Å². The molecule has 1 aliphatic carbocycles. The molecule has 0 amide bonds. The van der Waals surface area contributed by atoms with Crippen molar-refractivity contribution in [1.29, 1.82) is 0 Å². The molecule has 96 valence electrons. The Bertz CT molecular complexity index is 352. The molecule has 0 aliphatic heterocycles. The summed E-state index contributed by atoms with van der Waals surface area (Å²) in [6.45, 7) is 8.81. The van der Waals surface area contributed by atoms with Crippen LogP contribution in [0.25, 0.3) is 0 Å². The molecular formula is C14H25N3. The van der Waals surface area contributed by atoms with Crippen LogP contribution in [0, 0.1) is 5.41 Å². The third-order valence-corrected chi connectivity index (χ3v) is 4.12. The Morgan fingerprint density at radius 3 is 2.88 bits per heavy atom. The van der Waals surface area contributed by atoms with Gasteiger partial charge in [0.1, 0.15) is 0 Å². The van der Waals surface area contributed by atoms with Crippen LogP contribution in [0.5, 0.6) is 0 Å². The standard InChI is InChI=1S/C14H25N3/c1-4-12(2)17-9-6-13(16-17)10-15-11-14(3)7-5-8-14/h6,9,12,15H,4-5,7-8,10-11H2,1-3H3. The highest BCUT2D eigenvalue weighted by Crippen LogP contribution is 2.39. The predicted octanol–water partition coefficient (Wildman–Crippen LogP) is 3.13. The van der Waals surface area contributed by atoms with Crippen molar-refractivity contribution < 1.29 is 0 Å². The Morgan fingerprint density at radius 2 is 2.29 bits per heavy atom. The zero-order valence-corrected chi connectivity index (χ0v) is 11.4. The van der Waals surface area contributed by atoms with Gasteiger partial charge in [-0.25, -0.2) is 0 Å². The molecule has 0 radical (unpaired) electrons. The van der Waals surface area contributed by atoms with Crippen molar-refractivity contribution in [3.05, 3.63) is 18.0 Å². The van der Waals surface area contributed by atoms with E-state index in [9.17, 15) is 0 Å². The van der Waals surface area contributed by atoms with E-state index in [-0.39, 0.29) is 0 Å². The maximum atomic E-state index is 4.60. The van der Waals surface area contributed by atoms with Crippen LogP contribution in [-0.2, 0) is 6.54 Å². The monoisotopic (exact) mass is 235 g/mol. The maximum absolute atomic E-state index is 4.60. The van der Waals surface area contributed by atoms with E-state index in [0.29, 0.717) is 11.5 Å². The minimum atomic E-state index is 0.507. The van der Waals surface area contributed by atoms with Crippen molar-refractivity contribution in [2.75, 3.05) is 6.54 Å². The van der Waals surface area contributed by atoms with Gasteiger partial charge in [-0.15, -0.1) is 0 Å². The fourth-order valence-corrected chi connectivity index (χ4v) is 2.35. The molecule has 1 unspecified atom stereocenters. The van der Waals surface area contributed by atoms with Gasteiger partial charge in [-0.1, -0.05) is 20.3 Å². The normalized spacial score (nSPS) is 19.9. The summed E-state index contributed by atoms with van der Waals surface area (Å²) in [7, 11) is 0. The molecule has 1 aromatic heterocycles. The third kappa shape index (κ3) is 3.09. The van der Waals surface area contributed by atoms with Gasteiger partial charge in [-0.05, 0) is 37.7 Å². The highest BCUT2D eigenvalue weighted by Gasteiger charge is 2.30. The van der Waals surface area contributed by atoms with Crippen LogP contribution in [0.15, 0.2) is 12.3 Å². The van der Waals surface area contributed by atoms with Gasteiger partial charge in [0.25, 0.3) is 0 Å². The Kier molecular flexibility index (Phi) is 3.87. The van der Waals surface area contributed by atoms with Crippen molar-refractivity contribution >= 4 is 0 Å². The molecule has 1 aliphatic rings. The molecule has 17 heavy (non-hydrogen) atoms. The minimum Gasteiger partial charge on any atom is -0.311 e. The van der Waals surface area contributed by atoms with Gasteiger partial charge in [0.2, 0.25) is 0 Å². The molecule has 0 spiro atoms. The molecule has 1 heterocycles. The Balaban J connectivity index is 1.77. The highest BCUT2D eigenvalue weighted by molar-refractivity contribution is 4.99. The molecule has 1 N–H and O–H groups in total. The van der Waals surface area contributed by atoms with Crippen molar-refractivity contribution in [2.24, 2.45) is 5.41 Å². The van der Waals surface area contributed by atoms with Crippen LogP contribution in [0.3, 0.4) is 0 Å². The second-order valence-electron chi connectivity index (χ2n) is 5.81. The van der Waals surface area contributed by atoms with Gasteiger partial charge in [0.05, 0.1) is 5.69 Å². The van der Waals surface area contributed by atoms with Crippen LogP contribution < -0.4 is 5.32 Å². The quantitative estimate of drug-likeness (QED) is 0.821. The second-order valence-corrected chi connectivity index (χ2v) is 5.81. The second kappa shape index (κ2) is 5.21. The van der Waals surface area contributed by atoms with Gasteiger partial charge in [0.15, 0.2) is 0 Å². The molecule has 3 heteroatoms.